The van der Waals surface area contributed by atoms with E-state index in [9.17, 15) is 9.59 Å². The number of ether oxygens (including phenoxy) is 2. The first-order chi connectivity index (χ1) is 19.1. The zero-order valence-corrected chi connectivity index (χ0v) is 26.4. The van der Waals surface area contributed by atoms with Crippen molar-refractivity contribution in [3.05, 3.63) is 11.6 Å². The molecule has 0 spiro atoms. The Balaban J connectivity index is 1.27. The zero-order valence-electron chi connectivity index (χ0n) is 26.4. The first-order valence-electron chi connectivity index (χ1n) is 16.5. The summed E-state index contributed by atoms with van der Waals surface area (Å²) < 4.78 is 10.0. The van der Waals surface area contributed by atoms with Crippen molar-refractivity contribution in [2.24, 2.45) is 46.3 Å². The molecule has 6 heteroatoms. The molecule has 0 aromatic rings. The number of rotatable bonds is 12. The molecule has 3 saturated carbocycles. The number of hydrogen-bond acceptors (Lipinski definition) is 4. The Morgan fingerprint density at radius 3 is 2.58 bits per heavy atom. The summed E-state index contributed by atoms with van der Waals surface area (Å²) in [6, 6.07) is 0.237. The highest BCUT2D eigenvalue weighted by Crippen LogP contribution is 2.67. The van der Waals surface area contributed by atoms with Gasteiger partial charge in [-0.05, 0) is 97.7 Å². The molecule has 4 rings (SSSR count). The average molecular weight is 559 g/mol. The van der Waals surface area contributed by atoms with Crippen LogP contribution in [0.2, 0.25) is 0 Å². The number of alkyl carbamates (subject to hydrolysis) is 1. The molecule has 8 atom stereocenters. The van der Waals surface area contributed by atoms with E-state index in [1.54, 1.807) is 5.57 Å². The summed E-state index contributed by atoms with van der Waals surface area (Å²) in [6.07, 6.45) is 16.9. The van der Waals surface area contributed by atoms with Crippen LogP contribution in [0.15, 0.2) is 11.6 Å². The molecule has 40 heavy (non-hydrogen) atoms. The second-order valence-corrected chi connectivity index (χ2v) is 14.6. The van der Waals surface area contributed by atoms with E-state index >= 15 is 0 Å². The lowest BCUT2D eigenvalue weighted by molar-refractivity contribution is -0.123. The van der Waals surface area contributed by atoms with Crippen LogP contribution in [0.1, 0.15) is 112 Å². The Morgan fingerprint density at radius 1 is 1.02 bits per heavy atom. The average Bonchev–Trinajstić information content (AvgIpc) is 3.27. The van der Waals surface area contributed by atoms with E-state index in [1.165, 1.54) is 64.9 Å². The molecule has 0 bridgehead atoms. The number of fused-ring (bicyclic) bond motifs is 5. The lowest BCUT2D eigenvalue weighted by atomic mass is 9.47. The highest BCUT2D eigenvalue weighted by molar-refractivity contribution is 5.76. The third-order valence-corrected chi connectivity index (χ3v) is 11.8. The first-order valence-corrected chi connectivity index (χ1v) is 16.5. The van der Waals surface area contributed by atoms with E-state index in [0.717, 1.165) is 48.3 Å². The van der Waals surface area contributed by atoms with Gasteiger partial charge in [-0.2, -0.15) is 0 Å². The monoisotopic (exact) mass is 558 g/mol. The summed E-state index contributed by atoms with van der Waals surface area (Å²) in [4.78, 5) is 23.7. The molecule has 0 heterocycles. The van der Waals surface area contributed by atoms with Gasteiger partial charge in [0.1, 0.15) is 0 Å². The molecule has 2 amide bonds. The third-order valence-electron chi connectivity index (χ3n) is 11.8. The molecule has 4 aliphatic rings. The van der Waals surface area contributed by atoms with Gasteiger partial charge in [0.25, 0.3) is 0 Å². The Bertz CT molecular complexity index is 902. The minimum Gasteiger partial charge on any atom is -0.453 e. The fraction of sp³-hybridized carbons (Fsp3) is 0.882. The minimum absolute atomic E-state index is 0.0664. The van der Waals surface area contributed by atoms with Gasteiger partial charge in [0.2, 0.25) is 5.91 Å². The van der Waals surface area contributed by atoms with Crippen LogP contribution in [-0.2, 0) is 14.3 Å². The summed E-state index contributed by atoms with van der Waals surface area (Å²) in [5.74, 6) is 5.19. The predicted octanol–water partition coefficient (Wildman–Crippen LogP) is 7.28. The van der Waals surface area contributed by atoms with Crippen LogP contribution in [0, 0.1) is 46.3 Å². The molecule has 228 valence electrons. The van der Waals surface area contributed by atoms with Gasteiger partial charge in [-0.15, -0.1) is 0 Å². The zero-order chi connectivity index (χ0) is 28.9. The van der Waals surface area contributed by atoms with Crippen LogP contribution < -0.4 is 10.6 Å². The number of carbonyl (C=O) groups excluding carboxylic acids is 2. The predicted molar refractivity (Wildman–Crippen MR) is 161 cm³/mol. The Kier molecular flexibility index (Phi) is 10.7. The Morgan fingerprint density at radius 2 is 1.82 bits per heavy atom. The molecular formula is C34H58N2O4. The van der Waals surface area contributed by atoms with E-state index in [1.807, 2.05) is 0 Å². The van der Waals surface area contributed by atoms with Crippen molar-refractivity contribution in [1.29, 1.82) is 0 Å². The van der Waals surface area contributed by atoms with Gasteiger partial charge in [0, 0.05) is 19.0 Å². The molecule has 0 aromatic heterocycles. The maximum atomic E-state index is 12.6. The number of hydrogen-bond donors (Lipinski definition) is 2. The molecule has 0 saturated heterocycles. The highest BCUT2D eigenvalue weighted by atomic mass is 16.5. The normalized spacial score (nSPS) is 35.7. The van der Waals surface area contributed by atoms with E-state index in [-0.39, 0.29) is 11.9 Å². The summed E-state index contributed by atoms with van der Waals surface area (Å²) >= 11 is 0. The topological polar surface area (TPSA) is 76.7 Å². The smallest absolute Gasteiger partial charge is 0.406 e. The summed E-state index contributed by atoms with van der Waals surface area (Å²) in [5, 5.41) is 5.87. The fourth-order valence-corrected chi connectivity index (χ4v) is 9.67. The lowest BCUT2D eigenvalue weighted by Gasteiger charge is -2.58. The van der Waals surface area contributed by atoms with Gasteiger partial charge in [-0.1, -0.05) is 65.5 Å². The second-order valence-electron chi connectivity index (χ2n) is 14.6. The third kappa shape index (κ3) is 6.90. The van der Waals surface area contributed by atoms with Crippen molar-refractivity contribution in [2.45, 2.75) is 118 Å². The summed E-state index contributed by atoms with van der Waals surface area (Å²) in [6.45, 7) is 13.6. The maximum Gasteiger partial charge on any atom is 0.406 e. The van der Waals surface area contributed by atoms with Gasteiger partial charge in [0.05, 0.1) is 20.3 Å². The highest BCUT2D eigenvalue weighted by Gasteiger charge is 2.59. The maximum absolute atomic E-state index is 12.6. The standard InChI is InChI=1S/C34H58N2O4/c1-23(2)8-7-9-24(3)28-12-13-29-27-11-10-25-22-26(14-17-33(25,4)30(27)15-18-34(28,29)5)36-31(37)16-20-40-21-19-35-32(38)39-6/h10,23-24,26-30H,7-9,11-22H2,1-6H3,(H,35,38)(H,36,37). The van der Waals surface area contributed by atoms with Crippen molar-refractivity contribution in [2.75, 3.05) is 26.9 Å². The first kappa shape index (κ1) is 31.4. The van der Waals surface area contributed by atoms with Crippen LogP contribution >= 0.6 is 0 Å². The SMILES string of the molecule is COC(=O)NCCOCCC(=O)NC1CCC2(C)C(=CCC3C2CCC2(C)C(C(C)CCCC(C)C)CCC32)C1. The molecule has 0 aliphatic heterocycles. The number of carbonyl (C=O) groups is 2. The lowest BCUT2D eigenvalue weighted by Crippen LogP contribution is -2.52. The Hall–Kier alpha value is -1.56. The van der Waals surface area contributed by atoms with Crippen molar-refractivity contribution in [1.82, 2.24) is 10.6 Å². The molecule has 0 aromatic carbocycles. The van der Waals surface area contributed by atoms with Crippen molar-refractivity contribution >= 4 is 12.0 Å². The van der Waals surface area contributed by atoms with Crippen LogP contribution in [0.25, 0.3) is 0 Å². The van der Waals surface area contributed by atoms with Crippen LogP contribution in [0.3, 0.4) is 0 Å². The second kappa shape index (κ2) is 13.6. The molecule has 2 N–H and O–H groups in total. The number of allylic oxidation sites excluding steroid dienone is 1. The van der Waals surface area contributed by atoms with Gasteiger partial charge in [0.15, 0.2) is 0 Å². The molecule has 3 fully saturated rings. The van der Waals surface area contributed by atoms with E-state index < -0.39 is 6.09 Å². The largest absolute Gasteiger partial charge is 0.453 e. The number of amides is 2. The van der Waals surface area contributed by atoms with Crippen molar-refractivity contribution in [3.8, 4) is 0 Å². The number of nitrogens with one attached hydrogen (secondary N) is 2. The van der Waals surface area contributed by atoms with E-state index in [4.69, 9.17) is 4.74 Å². The molecule has 6 nitrogen and oxygen atoms in total. The van der Waals surface area contributed by atoms with Crippen molar-refractivity contribution < 1.29 is 19.1 Å². The van der Waals surface area contributed by atoms with Gasteiger partial charge in [-0.3, -0.25) is 4.79 Å². The van der Waals surface area contributed by atoms with Crippen molar-refractivity contribution in [3.63, 3.8) is 0 Å². The molecule has 8 unspecified atom stereocenters. The minimum atomic E-state index is -0.467. The quantitative estimate of drug-likeness (QED) is 0.195. The van der Waals surface area contributed by atoms with Gasteiger partial charge >= 0.3 is 6.09 Å². The van der Waals surface area contributed by atoms with Gasteiger partial charge < -0.3 is 20.1 Å². The fourth-order valence-electron chi connectivity index (χ4n) is 9.67. The molecule has 4 aliphatic carbocycles. The van der Waals surface area contributed by atoms with E-state index in [0.29, 0.717) is 37.0 Å². The van der Waals surface area contributed by atoms with Crippen LogP contribution in [-0.4, -0.2) is 44.9 Å². The van der Waals surface area contributed by atoms with Crippen LogP contribution in [0.5, 0.6) is 0 Å². The molecule has 0 radical (unpaired) electrons. The number of methoxy groups -OCH3 is 1. The molecular weight excluding hydrogens is 500 g/mol. The van der Waals surface area contributed by atoms with E-state index in [2.05, 4.69) is 56.1 Å². The van der Waals surface area contributed by atoms with Crippen LogP contribution in [0.4, 0.5) is 4.79 Å². The summed E-state index contributed by atoms with van der Waals surface area (Å²) in [7, 11) is 1.34. The van der Waals surface area contributed by atoms with Gasteiger partial charge in [-0.25, -0.2) is 4.79 Å². The summed E-state index contributed by atoms with van der Waals surface area (Å²) in [5.41, 5.74) is 2.46. The Labute approximate surface area is 244 Å².